The van der Waals surface area contributed by atoms with E-state index in [-0.39, 0.29) is 18.2 Å². The highest BCUT2D eigenvalue weighted by Crippen LogP contribution is 2.52. The molecule has 0 fully saturated rings. The molecule has 0 aliphatic rings. The Hall–Kier alpha value is -1.95. The fourth-order valence-electron chi connectivity index (χ4n) is 3.65. The molecule has 0 heterocycles. The summed E-state index contributed by atoms with van der Waals surface area (Å²) in [5.41, 5.74) is 0.900. The van der Waals surface area contributed by atoms with Gasteiger partial charge in [-0.25, -0.2) is 0 Å². The third kappa shape index (κ3) is 4.72. The van der Waals surface area contributed by atoms with E-state index in [9.17, 15) is 4.79 Å². The second-order valence-electron chi connectivity index (χ2n) is 7.07. The normalized spacial score (nSPS) is 10.9. The first-order valence-electron chi connectivity index (χ1n) is 9.78. The van der Waals surface area contributed by atoms with Gasteiger partial charge >= 0.3 is 0 Å². The minimum atomic E-state index is -1.88. The van der Waals surface area contributed by atoms with Crippen LogP contribution in [0.1, 0.15) is 43.0 Å². The Labute approximate surface area is 175 Å². The van der Waals surface area contributed by atoms with E-state index in [1.807, 2.05) is 12.1 Å². The maximum atomic E-state index is 13.1. The van der Waals surface area contributed by atoms with Gasteiger partial charge in [-0.1, -0.05) is 68.3 Å². The molecule has 28 heavy (non-hydrogen) atoms. The Bertz CT molecular complexity index is 838. The number of halogens is 1. The average Bonchev–Trinajstić information content (AvgIpc) is 2.74. The van der Waals surface area contributed by atoms with Crippen LogP contribution in [-0.4, -0.2) is 12.4 Å². The van der Waals surface area contributed by atoms with Crippen molar-refractivity contribution in [1.82, 2.24) is 0 Å². The molecular weight excluding hydrogens is 383 g/mol. The molecule has 3 rings (SSSR count). The number of hydrogen-bond donors (Lipinski definition) is 0. The number of hydrogen-bond acceptors (Lipinski definition) is 1. The summed E-state index contributed by atoms with van der Waals surface area (Å²) in [6.07, 6.45) is 3.84. The van der Waals surface area contributed by atoms with Gasteiger partial charge in [0.1, 0.15) is 23.2 Å². The Morgan fingerprint density at radius 2 is 1.25 bits per heavy atom. The number of ketones is 1. The lowest BCUT2D eigenvalue weighted by molar-refractivity contribution is -0.0000134. The molecule has 0 amide bonds. The van der Waals surface area contributed by atoms with Crippen LogP contribution in [0, 0.1) is 0 Å². The minimum Gasteiger partial charge on any atom is -1.00 e. The van der Waals surface area contributed by atoms with Crippen LogP contribution in [0.3, 0.4) is 0 Å². The van der Waals surface area contributed by atoms with E-state index in [2.05, 4.69) is 86.4 Å². The van der Waals surface area contributed by atoms with Crippen LogP contribution in [0.2, 0.25) is 0 Å². The van der Waals surface area contributed by atoms with E-state index in [4.69, 9.17) is 0 Å². The lowest BCUT2D eigenvalue weighted by Gasteiger charge is -2.25. The number of carbonyl (C=O) groups is 1. The largest absolute Gasteiger partial charge is 1.00 e. The quantitative estimate of drug-likeness (QED) is 0.316. The highest BCUT2D eigenvalue weighted by atomic mass is 35.5. The molecule has 0 aliphatic heterocycles. The van der Waals surface area contributed by atoms with Gasteiger partial charge in [0, 0.05) is 6.42 Å². The lowest BCUT2D eigenvalue weighted by Crippen LogP contribution is -3.00. The van der Waals surface area contributed by atoms with Crippen molar-refractivity contribution in [1.29, 1.82) is 0 Å². The van der Waals surface area contributed by atoms with Crippen molar-refractivity contribution in [3.05, 3.63) is 90.5 Å². The van der Waals surface area contributed by atoms with Crippen LogP contribution >= 0.6 is 7.26 Å². The van der Waals surface area contributed by atoms with E-state index in [1.165, 1.54) is 15.9 Å². The van der Waals surface area contributed by atoms with Crippen molar-refractivity contribution in [2.24, 2.45) is 0 Å². The van der Waals surface area contributed by atoms with E-state index < -0.39 is 7.26 Å². The van der Waals surface area contributed by atoms with Gasteiger partial charge in [0.05, 0.1) is 12.2 Å². The summed E-state index contributed by atoms with van der Waals surface area (Å²) < 4.78 is 0. The van der Waals surface area contributed by atoms with Crippen LogP contribution in [0.4, 0.5) is 0 Å². The molecule has 3 aromatic rings. The van der Waals surface area contributed by atoms with E-state index >= 15 is 0 Å². The number of carbonyl (C=O) groups excluding carboxylic acids is 1. The second-order valence-corrected chi connectivity index (χ2v) is 10.6. The van der Waals surface area contributed by atoms with Gasteiger partial charge in [0.2, 0.25) is 0 Å². The van der Waals surface area contributed by atoms with Gasteiger partial charge in [-0.3, -0.25) is 4.79 Å². The Kier molecular flexibility index (Phi) is 8.42. The molecule has 146 valence electrons. The summed E-state index contributed by atoms with van der Waals surface area (Å²) in [6.45, 7) is 4.52. The molecule has 0 bridgehead atoms. The first kappa shape index (κ1) is 22.3. The molecule has 0 atom stereocenters. The van der Waals surface area contributed by atoms with E-state index in [0.29, 0.717) is 6.42 Å². The summed E-state index contributed by atoms with van der Waals surface area (Å²) in [6, 6.07) is 29.6. The molecule has 0 N–H and O–H groups in total. The molecular formula is C25H28ClOP. The minimum absolute atomic E-state index is 0. The number of rotatable bonds is 8. The summed E-state index contributed by atoms with van der Waals surface area (Å²) in [5, 5.41) is 3.82. The summed E-state index contributed by atoms with van der Waals surface area (Å²) >= 11 is 0. The van der Waals surface area contributed by atoms with Crippen molar-refractivity contribution in [2.45, 2.75) is 32.6 Å². The van der Waals surface area contributed by atoms with Crippen LogP contribution in [0.5, 0.6) is 0 Å². The van der Waals surface area contributed by atoms with Gasteiger partial charge in [0.25, 0.3) is 0 Å². The molecule has 0 spiro atoms. The third-order valence-corrected chi connectivity index (χ3v) is 9.25. The molecule has 0 unspecified atom stereocenters. The predicted octanol–water partition coefficient (Wildman–Crippen LogP) is 2.38. The van der Waals surface area contributed by atoms with Gasteiger partial charge in [-0.05, 0) is 42.8 Å². The molecule has 0 saturated heterocycles. The molecule has 3 heteroatoms. The third-order valence-electron chi connectivity index (χ3n) is 5.24. The highest BCUT2D eigenvalue weighted by molar-refractivity contribution is 7.95. The SMILES string of the molecule is CCCCCC(=O)c1ccccc1[P+](C)(c1ccccc1)c1ccccc1.[Cl-]. The van der Waals surface area contributed by atoms with Gasteiger partial charge in [0.15, 0.2) is 5.78 Å². The van der Waals surface area contributed by atoms with Crippen molar-refractivity contribution >= 4 is 29.0 Å². The maximum Gasteiger partial charge on any atom is 0.166 e. The first-order chi connectivity index (χ1) is 13.2. The van der Waals surface area contributed by atoms with Crippen LogP contribution in [0.15, 0.2) is 84.9 Å². The number of benzene rings is 3. The Morgan fingerprint density at radius 1 is 0.750 bits per heavy atom. The van der Waals surface area contributed by atoms with Crippen molar-refractivity contribution in [2.75, 3.05) is 6.66 Å². The topological polar surface area (TPSA) is 17.1 Å². The Balaban J connectivity index is 0.00000280. The van der Waals surface area contributed by atoms with Gasteiger partial charge in [-0.2, -0.15) is 0 Å². The standard InChI is InChI=1S/C25H28OP.ClH/c1-3-4-7-19-24(26)23-18-12-13-20-25(23)27(2,21-14-8-5-9-15-21)22-16-10-6-11-17-22;/h5-6,8-18,20H,3-4,7,19H2,1-2H3;1H/q+1;/p-1. The van der Waals surface area contributed by atoms with Gasteiger partial charge in [-0.15, -0.1) is 0 Å². The zero-order chi connectivity index (χ0) is 19.1. The smallest absolute Gasteiger partial charge is 0.166 e. The van der Waals surface area contributed by atoms with Crippen molar-refractivity contribution in [3.63, 3.8) is 0 Å². The van der Waals surface area contributed by atoms with E-state index in [0.717, 1.165) is 24.8 Å². The Morgan fingerprint density at radius 3 is 1.79 bits per heavy atom. The van der Waals surface area contributed by atoms with E-state index in [1.54, 1.807) is 0 Å². The number of unbranched alkanes of at least 4 members (excludes halogenated alkanes) is 2. The number of Topliss-reactive ketones (excluding diaryl/α,β-unsaturated/α-hetero) is 1. The van der Waals surface area contributed by atoms with Gasteiger partial charge < -0.3 is 12.4 Å². The lowest BCUT2D eigenvalue weighted by atomic mass is 10.0. The summed E-state index contributed by atoms with van der Waals surface area (Å²) in [7, 11) is -1.88. The monoisotopic (exact) mass is 410 g/mol. The zero-order valence-corrected chi connectivity index (χ0v) is 18.3. The van der Waals surface area contributed by atoms with Crippen LogP contribution in [-0.2, 0) is 0 Å². The highest BCUT2D eigenvalue weighted by Gasteiger charge is 2.42. The van der Waals surface area contributed by atoms with Crippen LogP contribution < -0.4 is 28.3 Å². The fraction of sp³-hybridized carbons (Fsp3) is 0.240. The maximum absolute atomic E-state index is 13.1. The molecule has 0 aromatic heterocycles. The molecule has 0 aliphatic carbocycles. The molecule has 0 radical (unpaired) electrons. The fourth-order valence-corrected chi connectivity index (χ4v) is 7.11. The predicted molar refractivity (Wildman–Crippen MR) is 120 cm³/mol. The second kappa shape index (κ2) is 10.6. The molecule has 1 nitrogen and oxygen atoms in total. The molecule has 0 saturated carbocycles. The summed E-state index contributed by atoms with van der Waals surface area (Å²) in [4.78, 5) is 13.1. The first-order valence-corrected chi connectivity index (χ1v) is 12.0. The average molecular weight is 411 g/mol. The van der Waals surface area contributed by atoms with Crippen molar-refractivity contribution < 1.29 is 17.2 Å². The zero-order valence-electron chi connectivity index (χ0n) is 16.6. The van der Waals surface area contributed by atoms with Crippen molar-refractivity contribution in [3.8, 4) is 0 Å². The summed E-state index contributed by atoms with van der Waals surface area (Å²) in [5.74, 6) is 0.275. The molecule has 3 aromatic carbocycles. The van der Waals surface area contributed by atoms with Crippen LogP contribution in [0.25, 0.3) is 0 Å².